The molecule has 0 spiro atoms. The van der Waals surface area contributed by atoms with Gasteiger partial charge in [0.25, 0.3) is 5.69 Å². The van der Waals surface area contributed by atoms with E-state index >= 15 is 0 Å². The van der Waals surface area contributed by atoms with Crippen LogP contribution >= 0.6 is 0 Å². The van der Waals surface area contributed by atoms with Crippen molar-refractivity contribution >= 4 is 11.7 Å². The normalized spacial score (nSPS) is 14.3. The number of nitrogens with zero attached hydrogens (tertiary/aromatic N) is 1. The van der Waals surface area contributed by atoms with Crippen LogP contribution in [-0.2, 0) is 4.79 Å². The molecule has 0 saturated carbocycles. The van der Waals surface area contributed by atoms with Gasteiger partial charge in [-0.1, -0.05) is 0 Å². The molecule has 1 unspecified atom stereocenters. The van der Waals surface area contributed by atoms with Gasteiger partial charge in [0.05, 0.1) is 23.0 Å². The predicted octanol–water partition coefficient (Wildman–Crippen LogP) is 0.798. The van der Waals surface area contributed by atoms with Crippen molar-refractivity contribution < 1.29 is 24.3 Å². The van der Waals surface area contributed by atoms with Crippen LogP contribution < -0.4 is 15.2 Å². The fourth-order valence-corrected chi connectivity index (χ4v) is 1.70. The first-order chi connectivity index (χ1) is 8.49. The molecule has 0 aliphatic carbocycles. The van der Waals surface area contributed by atoms with Gasteiger partial charge in [0, 0.05) is 6.04 Å². The Bertz CT molecular complexity index is 515. The Morgan fingerprint density at radius 3 is 2.67 bits per heavy atom. The van der Waals surface area contributed by atoms with E-state index in [1.54, 1.807) is 0 Å². The van der Waals surface area contributed by atoms with Gasteiger partial charge < -0.3 is 20.3 Å². The molecule has 0 saturated heterocycles. The van der Waals surface area contributed by atoms with Gasteiger partial charge in [-0.3, -0.25) is 14.9 Å². The topological polar surface area (TPSA) is 125 Å². The largest absolute Gasteiger partial charge is 0.481 e. The lowest BCUT2D eigenvalue weighted by atomic mass is 10.0. The fraction of sp³-hybridized carbons (Fsp3) is 0.300. The number of carboxylic acids is 1. The van der Waals surface area contributed by atoms with Crippen LogP contribution in [0.4, 0.5) is 5.69 Å². The van der Waals surface area contributed by atoms with E-state index < -0.39 is 23.4 Å². The minimum atomic E-state index is -1.13. The number of hydrogen-bond acceptors (Lipinski definition) is 6. The van der Waals surface area contributed by atoms with Crippen molar-refractivity contribution in [2.75, 3.05) is 6.79 Å². The molecule has 0 fully saturated rings. The number of rotatable bonds is 4. The molecule has 1 aromatic rings. The molecule has 8 heteroatoms. The highest BCUT2D eigenvalue weighted by atomic mass is 16.7. The van der Waals surface area contributed by atoms with E-state index in [9.17, 15) is 14.9 Å². The molecule has 1 heterocycles. The molecule has 2 rings (SSSR count). The maximum Gasteiger partial charge on any atom is 0.305 e. The van der Waals surface area contributed by atoms with Crippen molar-refractivity contribution in [3.8, 4) is 11.5 Å². The summed E-state index contributed by atoms with van der Waals surface area (Å²) >= 11 is 0. The van der Waals surface area contributed by atoms with Crippen LogP contribution in [-0.4, -0.2) is 22.8 Å². The van der Waals surface area contributed by atoms with E-state index in [1.165, 1.54) is 12.1 Å². The maximum atomic E-state index is 10.9. The molecule has 0 radical (unpaired) electrons. The second-order valence-corrected chi connectivity index (χ2v) is 3.73. The number of ether oxygens (including phenoxy) is 2. The van der Waals surface area contributed by atoms with Crippen molar-refractivity contribution in [2.24, 2.45) is 5.73 Å². The first-order valence-electron chi connectivity index (χ1n) is 5.04. The average molecular weight is 254 g/mol. The van der Waals surface area contributed by atoms with Crippen molar-refractivity contribution in [2.45, 2.75) is 12.5 Å². The molecule has 18 heavy (non-hydrogen) atoms. The minimum Gasteiger partial charge on any atom is -0.481 e. The van der Waals surface area contributed by atoms with Crippen molar-refractivity contribution in [1.29, 1.82) is 0 Å². The molecular formula is C10H10N2O6. The Kier molecular flexibility index (Phi) is 3.02. The minimum absolute atomic E-state index is 0.0237. The second kappa shape index (κ2) is 4.49. The first kappa shape index (κ1) is 12.1. The Hall–Kier alpha value is -2.35. The van der Waals surface area contributed by atoms with Gasteiger partial charge in [0.2, 0.25) is 6.79 Å². The molecule has 1 atom stereocenters. The third-order valence-corrected chi connectivity index (χ3v) is 2.51. The van der Waals surface area contributed by atoms with Gasteiger partial charge in [-0.05, 0) is 6.07 Å². The molecule has 8 nitrogen and oxygen atoms in total. The van der Waals surface area contributed by atoms with E-state index in [0.717, 1.165) is 0 Å². The summed E-state index contributed by atoms with van der Waals surface area (Å²) in [7, 11) is 0. The molecule has 3 N–H and O–H groups in total. The summed E-state index contributed by atoms with van der Waals surface area (Å²) in [5.41, 5.74) is 5.49. The number of fused-ring (bicyclic) bond motifs is 1. The number of hydrogen-bond donors (Lipinski definition) is 2. The summed E-state index contributed by atoms with van der Waals surface area (Å²) in [6, 6.07) is 1.57. The maximum absolute atomic E-state index is 10.9. The number of nitro benzene ring substituents is 1. The van der Waals surface area contributed by atoms with E-state index in [0.29, 0.717) is 5.75 Å². The standard InChI is InChI=1S/C10H10N2O6/c11-6(2-10(13)14)5-1-8-9(18-4-17-8)3-7(5)12(15)16/h1,3,6H,2,4,11H2,(H,13,14). The lowest BCUT2D eigenvalue weighted by Gasteiger charge is -2.10. The second-order valence-electron chi connectivity index (χ2n) is 3.73. The Labute approximate surface area is 101 Å². The van der Waals surface area contributed by atoms with Gasteiger partial charge in [-0.25, -0.2) is 0 Å². The van der Waals surface area contributed by atoms with Crippen LogP contribution in [0.1, 0.15) is 18.0 Å². The molecular weight excluding hydrogens is 244 g/mol. The monoisotopic (exact) mass is 254 g/mol. The quantitative estimate of drug-likeness (QED) is 0.601. The van der Waals surface area contributed by atoms with Gasteiger partial charge in [-0.2, -0.15) is 0 Å². The van der Waals surface area contributed by atoms with Gasteiger partial charge in [-0.15, -0.1) is 0 Å². The van der Waals surface area contributed by atoms with Crippen LogP contribution in [0, 0.1) is 10.1 Å². The number of carbonyl (C=O) groups is 1. The number of nitro groups is 1. The molecule has 0 aromatic heterocycles. The summed E-state index contributed by atoms with van der Waals surface area (Å²) in [5.74, 6) is -0.543. The smallest absolute Gasteiger partial charge is 0.305 e. The van der Waals surface area contributed by atoms with Crippen LogP contribution in [0.25, 0.3) is 0 Å². The molecule has 1 aromatic carbocycles. The molecule has 0 amide bonds. The van der Waals surface area contributed by atoms with Crippen molar-refractivity contribution in [3.63, 3.8) is 0 Å². The molecule has 0 bridgehead atoms. The highest BCUT2D eigenvalue weighted by molar-refractivity contribution is 5.69. The SMILES string of the molecule is NC(CC(=O)O)c1cc2c(cc1[N+](=O)[O-])OCO2. The van der Waals surface area contributed by atoms with Crippen LogP contribution in [0.3, 0.4) is 0 Å². The van der Waals surface area contributed by atoms with E-state index in [-0.39, 0.29) is 23.8 Å². The summed E-state index contributed by atoms with van der Waals surface area (Å²) in [6.45, 7) is -0.0237. The summed E-state index contributed by atoms with van der Waals surface area (Å²) in [4.78, 5) is 20.9. The van der Waals surface area contributed by atoms with Gasteiger partial charge in [0.1, 0.15) is 0 Å². The molecule has 96 valence electrons. The van der Waals surface area contributed by atoms with Gasteiger partial charge >= 0.3 is 5.97 Å². The zero-order chi connectivity index (χ0) is 13.3. The third kappa shape index (κ3) is 2.18. The molecule has 1 aliphatic heterocycles. The van der Waals surface area contributed by atoms with Crippen LogP contribution in [0.5, 0.6) is 11.5 Å². The average Bonchev–Trinajstić information content (AvgIpc) is 2.72. The van der Waals surface area contributed by atoms with Gasteiger partial charge in [0.15, 0.2) is 11.5 Å². The summed E-state index contributed by atoms with van der Waals surface area (Å²) < 4.78 is 10.1. The van der Waals surface area contributed by atoms with E-state index in [1.807, 2.05) is 0 Å². The Morgan fingerprint density at radius 1 is 1.50 bits per heavy atom. The Balaban J connectivity index is 2.44. The first-order valence-corrected chi connectivity index (χ1v) is 5.04. The zero-order valence-corrected chi connectivity index (χ0v) is 9.16. The van der Waals surface area contributed by atoms with Crippen LogP contribution in [0.2, 0.25) is 0 Å². The van der Waals surface area contributed by atoms with E-state index in [2.05, 4.69) is 0 Å². The van der Waals surface area contributed by atoms with Crippen molar-refractivity contribution in [3.05, 3.63) is 27.8 Å². The number of carboxylic acid groups (broad SMARTS) is 1. The fourth-order valence-electron chi connectivity index (χ4n) is 1.70. The number of benzene rings is 1. The molecule has 1 aliphatic rings. The third-order valence-electron chi connectivity index (χ3n) is 2.51. The highest BCUT2D eigenvalue weighted by Gasteiger charge is 2.27. The summed E-state index contributed by atoms with van der Waals surface area (Å²) in [5, 5.41) is 19.6. The highest BCUT2D eigenvalue weighted by Crippen LogP contribution is 2.40. The van der Waals surface area contributed by atoms with Crippen molar-refractivity contribution in [1.82, 2.24) is 0 Å². The Morgan fingerprint density at radius 2 is 2.11 bits per heavy atom. The predicted molar refractivity (Wildman–Crippen MR) is 58.4 cm³/mol. The lowest BCUT2D eigenvalue weighted by molar-refractivity contribution is -0.385. The van der Waals surface area contributed by atoms with Crippen LogP contribution in [0.15, 0.2) is 12.1 Å². The summed E-state index contributed by atoms with van der Waals surface area (Å²) in [6.07, 6.45) is -0.402. The number of aliphatic carboxylic acids is 1. The lowest BCUT2D eigenvalue weighted by Crippen LogP contribution is -2.16. The number of nitrogens with two attached hydrogens (primary N) is 1. The van der Waals surface area contributed by atoms with E-state index in [4.69, 9.17) is 20.3 Å². The zero-order valence-electron chi connectivity index (χ0n) is 9.16.